The van der Waals surface area contributed by atoms with E-state index in [4.69, 9.17) is 14.6 Å². The third kappa shape index (κ3) is 4.31. The van der Waals surface area contributed by atoms with Crippen LogP contribution in [0.3, 0.4) is 0 Å². The molecule has 0 bridgehead atoms. The van der Waals surface area contributed by atoms with E-state index >= 15 is 0 Å². The molecule has 1 aromatic carbocycles. The highest BCUT2D eigenvalue weighted by atomic mass is 16.6. The number of nitrogens with zero attached hydrogens (tertiary/aromatic N) is 1. The Kier molecular flexibility index (Phi) is 4.99. The summed E-state index contributed by atoms with van der Waals surface area (Å²) in [7, 11) is 1.28. The molecule has 1 amide bonds. The van der Waals surface area contributed by atoms with Crippen LogP contribution in [0.2, 0.25) is 0 Å². The van der Waals surface area contributed by atoms with Gasteiger partial charge in [-0.05, 0) is 24.8 Å². The van der Waals surface area contributed by atoms with E-state index < -0.39 is 29.4 Å². The van der Waals surface area contributed by atoms with E-state index in [0.717, 1.165) is 12.8 Å². The van der Waals surface area contributed by atoms with Crippen molar-refractivity contribution in [1.29, 1.82) is 0 Å². The Morgan fingerprint density at radius 3 is 2.70 bits per heavy atom. The Balaban J connectivity index is 1.93. The quantitative estimate of drug-likeness (QED) is 0.538. The van der Waals surface area contributed by atoms with Gasteiger partial charge in [-0.25, -0.2) is 4.79 Å². The number of ether oxygens (including phenoxy) is 2. The van der Waals surface area contributed by atoms with E-state index in [1.54, 1.807) is 0 Å². The van der Waals surface area contributed by atoms with Gasteiger partial charge in [0, 0.05) is 12.1 Å². The molecule has 0 saturated heterocycles. The van der Waals surface area contributed by atoms with E-state index in [2.05, 4.69) is 5.32 Å². The topological polar surface area (TPSA) is 128 Å². The fourth-order valence-electron chi connectivity index (χ4n) is 2.07. The number of nitro groups is 1. The molecule has 23 heavy (non-hydrogen) atoms. The number of benzene rings is 1. The number of carbonyl (C=O) groups is 2. The summed E-state index contributed by atoms with van der Waals surface area (Å²) in [6.45, 7) is -0.391. The molecule has 1 saturated carbocycles. The maximum Gasteiger partial charge on any atom is 0.326 e. The number of rotatable bonds is 8. The highest BCUT2D eigenvalue weighted by Gasteiger charge is 2.37. The molecule has 1 aliphatic carbocycles. The molecule has 2 N–H and O–H groups in total. The predicted octanol–water partition coefficient (Wildman–Crippen LogP) is 0.962. The van der Waals surface area contributed by atoms with Crippen LogP contribution in [0, 0.1) is 16.0 Å². The zero-order chi connectivity index (χ0) is 17.0. The molecule has 9 heteroatoms. The van der Waals surface area contributed by atoms with Crippen LogP contribution in [0.5, 0.6) is 11.5 Å². The minimum Gasteiger partial charge on any atom is -0.490 e. The first-order chi connectivity index (χ1) is 10.9. The lowest BCUT2D eigenvalue weighted by Crippen LogP contribution is -2.44. The fourth-order valence-corrected chi connectivity index (χ4v) is 2.07. The molecular weight excluding hydrogens is 308 g/mol. The molecule has 1 aromatic rings. The first-order valence-corrected chi connectivity index (χ1v) is 6.89. The summed E-state index contributed by atoms with van der Waals surface area (Å²) in [5.41, 5.74) is -0.219. The van der Waals surface area contributed by atoms with Crippen molar-refractivity contribution < 1.29 is 29.1 Å². The van der Waals surface area contributed by atoms with Crippen molar-refractivity contribution in [3.8, 4) is 11.5 Å². The van der Waals surface area contributed by atoms with Crippen LogP contribution in [0.1, 0.15) is 12.8 Å². The van der Waals surface area contributed by atoms with E-state index in [-0.39, 0.29) is 23.1 Å². The monoisotopic (exact) mass is 324 g/mol. The van der Waals surface area contributed by atoms with E-state index in [0.29, 0.717) is 0 Å². The molecule has 1 unspecified atom stereocenters. The highest BCUT2D eigenvalue weighted by molar-refractivity contribution is 5.84. The third-order valence-corrected chi connectivity index (χ3v) is 3.39. The maximum absolute atomic E-state index is 11.8. The second-order valence-corrected chi connectivity index (χ2v) is 5.10. The Bertz CT molecular complexity index is 628. The highest BCUT2D eigenvalue weighted by Crippen LogP contribution is 2.33. The molecule has 0 heterocycles. The summed E-state index contributed by atoms with van der Waals surface area (Å²) in [6.07, 6.45) is 1.55. The van der Waals surface area contributed by atoms with Crippen LogP contribution in [-0.2, 0) is 9.59 Å². The summed E-state index contributed by atoms with van der Waals surface area (Å²) >= 11 is 0. The van der Waals surface area contributed by atoms with Gasteiger partial charge in [-0.15, -0.1) is 0 Å². The molecule has 1 aliphatic rings. The Morgan fingerprint density at radius 2 is 2.17 bits per heavy atom. The van der Waals surface area contributed by atoms with Crippen molar-refractivity contribution in [2.45, 2.75) is 18.9 Å². The van der Waals surface area contributed by atoms with Crippen molar-refractivity contribution in [3.63, 3.8) is 0 Å². The largest absolute Gasteiger partial charge is 0.490 e. The summed E-state index contributed by atoms with van der Waals surface area (Å²) < 4.78 is 10.1. The summed E-state index contributed by atoms with van der Waals surface area (Å²) in [4.78, 5) is 33.0. The number of carboxylic acids is 1. The van der Waals surface area contributed by atoms with Crippen LogP contribution in [-0.4, -0.2) is 41.7 Å². The number of carboxylic acid groups (broad SMARTS) is 1. The molecule has 1 fully saturated rings. The van der Waals surface area contributed by atoms with Crippen molar-refractivity contribution in [2.24, 2.45) is 5.92 Å². The molecule has 2 rings (SSSR count). The van der Waals surface area contributed by atoms with Crippen LogP contribution < -0.4 is 14.8 Å². The number of hydrogen-bond donors (Lipinski definition) is 2. The van der Waals surface area contributed by atoms with Gasteiger partial charge in [0.1, 0.15) is 11.8 Å². The van der Waals surface area contributed by atoms with Crippen LogP contribution >= 0.6 is 0 Å². The van der Waals surface area contributed by atoms with Crippen molar-refractivity contribution >= 4 is 17.6 Å². The first kappa shape index (κ1) is 16.5. The lowest BCUT2D eigenvalue weighted by Gasteiger charge is -2.14. The van der Waals surface area contributed by atoms with Gasteiger partial charge in [0.15, 0.2) is 6.61 Å². The molecule has 0 spiro atoms. The Labute approximate surface area is 131 Å². The molecule has 0 aromatic heterocycles. The van der Waals surface area contributed by atoms with Crippen LogP contribution in [0.4, 0.5) is 5.69 Å². The zero-order valence-electron chi connectivity index (χ0n) is 12.4. The third-order valence-electron chi connectivity index (χ3n) is 3.39. The van der Waals surface area contributed by atoms with E-state index in [9.17, 15) is 19.7 Å². The Hall–Kier alpha value is -2.84. The molecular formula is C14H16N2O7. The van der Waals surface area contributed by atoms with Gasteiger partial charge >= 0.3 is 11.7 Å². The molecule has 0 radical (unpaired) electrons. The zero-order valence-corrected chi connectivity index (χ0v) is 12.4. The van der Waals surface area contributed by atoms with Gasteiger partial charge in [0.25, 0.3) is 5.91 Å². The van der Waals surface area contributed by atoms with Gasteiger partial charge in [-0.2, -0.15) is 0 Å². The minimum absolute atomic E-state index is 0.00861. The van der Waals surface area contributed by atoms with Gasteiger partial charge in [-0.3, -0.25) is 14.9 Å². The predicted molar refractivity (Wildman–Crippen MR) is 77.4 cm³/mol. The molecule has 9 nitrogen and oxygen atoms in total. The van der Waals surface area contributed by atoms with Crippen LogP contribution in [0.15, 0.2) is 18.2 Å². The van der Waals surface area contributed by atoms with Crippen molar-refractivity contribution in [3.05, 3.63) is 28.3 Å². The van der Waals surface area contributed by atoms with Gasteiger partial charge in [0.05, 0.1) is 12.0 Å². The molecule has 124 valence electrons. The fraction of sp³-hybridized carbons (Fsp3) is 0.429. The number of amides is 1. The lowest BCUT2D eigenvalue weighted by molar-refractivity contribution is -0.385. The summed E-state index contributed by atoms with van der Waals surface area (Å²) in [6, 6.07) is 2.93. The van der Waals surface area contributed by atoms with E-state index in [1.165, 1.54) is 25.3 Å². The SMILES string of the molecule is COc1cc(OCC(=O)NC(C(=O)O)C2CC2)ccc1[N+](=O)[O-]. The number of carbonyl (C=O) groups excluding carboxylic acids is 1. The average molecular weight is 324 g/mol. The average Bonchev–Trinajstić information content (AvgIpc) is 3.34. The van der Waals surface area contributed by atoms with Crippen molar-refractivity contribution in [1.82, 2.24) is 5.32 Å². The number of hydrogen-bond acceptors (Lipinski definition) is 6. The Morgan fingerprint density at radius 1 is 1.48 bits per heavy atom. The summed E-state index contributed by atoms with van der Waals surface area (Å²) in [5.74, 6) is -1.45. The molecule has 1 atom stereocenters. The number of aliphatic carboxylic acids is 1. The normalized spacial score (nSPS) is 14.7. The lowest BCUT2D eigenvalue weighted by atomic mass is 10.2. The number of nitro benzene ring substituents is 1. The molecule has 0 aliphatic heterocycles. The number of methoxy groups -OCH3 is 1. The standard InChI is InChI=1S/C14H16N2O7/c1-22-11-6-9(4-5-10(11)16(20)21)23-7-12(17)15-13(14(18)19)8-2-3-8/h4-6,8,13H,2-3,7H2,1H3,(H,15,17)(H,18,19). The van der Waals surface area contributed by atoms with Gasteiger partial charge < -0.3 is 19.9 Å². The maximum atomic E-state index is 11.8. The number of nitrogens with one attached hydrogen (secondary N) is 1. The van der Waals surface area contributed by atoms with Crippen molar-refractivity contribution in [2.75, 3.05) is 13.7 Å². The van der Waals surface area contributed by atoms with E-state index in [1.807, 2.05) is 0 Å². The smallest absolute Gasteiger partial charge is 0.326 e. The van der Waals surface area contributed by atoms with Crippen LogP contribution in [0.25, 0.3) is 0 Å². The minimum atomic E-state index is -1.07. The second-order valence-electron chi connectivity index (χ2n) is 5.10. The van der Waals surface area contributed by atoms with Gasteiger partial charge in [-0.1, -0.05) is 0 Å². The second kappa shape index (κ2) is 6.95. The first-order valence-electron chi connectivity index (χ1n) is 6.89. The summed E-state index contributed by atoms with van der Waals surface area (Å²) in [5, 5.41) is 22.2. The van der Waals surface area contributed by atoms with Gasteiger partial charge in [0.2, 0.25) is 5.75 Å².